The molecule has 2 N–H and O–H groups in total. The molecule has 2 rings (SSSR count). The first kappa shape index (κ1) is 16.0. The van der Waals surface area contributed by atoms with E-state index < -0.39 is 0 Å². The van der Waals surface area contributed by atoms with Crippen LogP contribution >= 0.6 is 27.7 Å². The van der Waals surface area contributed by atoms with E-state index in [4.69, 9.17) is 10.5 Å². The minimum Gasteiger partial charge on any atom is -0.493 e. The summed E-state index contributed by atoms with van der Waals surface area (Å²) in [6, 6.07) is 16.0. The average Bonchev–Trinajstić information content (AvgIpc) is 2.50. The van der Waals surface area contributed by atoms with Crippen LogP contribution in [0, 0.1) is 11.8 Å². The third-order valence-corrected chi connectivity index (χ3v) is 4.04. The van der Waals surface area contributed by atoms with E-state index in [1.165, 1.54) is 4.90 Å². The van der Waals surface area contributed by atoms with Crippen molar-refractivity contribution in [3.63, 3.8) is 0 Å². The Morgan fingerprint density at radius 3 is 2.81 bits per heavy atom. The van der Waals surface area contributed by atoms with Crippen LogP contribution in [0.25, 0.3) is 0 Å². The van der Waals surface area contributed by atoms with Gasteiger partial charge in [-0.25, -0.2) is 0 Å². The van der Waals surface area contributed by atoms with Gasteiger partial charge in [0.1, 0.15) is 5.75 Å². The van der Waals surface area contributed by atoms with Gasteiger partial charge in [-0.1, -0.05) is 39.9 Å². The van der Waals surface area contributed by atoms with Gasteiger partial charge in [0, 0.05) is 20.7 Å². The van der Waals surface area contributed by atoms with Crippen molar-refractivity contribution in [1.29, 1.82) is 0 Å². The van der Waals surface area contributed by atoms with E-state index in [-0.39, 0.29) is 0 Å². The molecule has 0 unspecified atom stereocenters. The lowest BCUT2D eigenvalue weighted by atomic mass is 10.2. The van der Waals surface area contributed by atoms with Gasteiger partial charge in [-0.2, -0.15) is 0 Å². The van der Waals surface area contributed by atoms with Crippen LogP contribution in [-0.4, -0.2) is 18.9 Å². The van der Waals surface area contributed by atoms with Gasteiger partial charge < -0.3 is 10.5 Å². The topological polar surface area (TPSA) is 35.2 Å². The Kier molecular flexibility index (Phi) is 6.68. The molecule has 0 heterocycles. The Hall–Kier alpha value is -1.41. The molecule has 0 amide bonds. The lowest BCUT2D eigenvalue weighted by Crippen LogP contribution is -2.00. The first-order valence-corrected chi connectivity index (χ1v) is 8.36. The van der Waals surface area contributed by atoms with Crippen LogP contribution in [0.15, 0.2) is 57.9 Å². The summed E-state index contributed by atoms with van der Waals surface area (Å²) in [5, 5.41) is 0. The molecule has 0 atom stereocenters. The minimum absolute atomic E-state index is 0.369. The van der Waals surface area contributed by atoms with Crippen LogP contribution in [0.5, 0.6) is 5.75 Å². The second-order valence-electron chi connectivity index (χ2n) is 4.19. The third kappa shape index (κ3) is 5.84. The highest BCUT2D eigenvalue weighted by molar-refractivity contribution is 9.10. The molecule has 0 aliphatic heterocycles. The van der Waals surface area contributed by atoms with Gasteiger partial charge in [0.25, 0.3) is 0 Å². The molecular weight excluding hydrogens is 346 g/mol. The monoisotopic (exact) mass is 361 g/mol. The summed E-state index contributed by atoms with van der Waals surface area (Å²) < 4.78 is 6.84. The van der Waals surface area contributed by atoms with E-state index in [2.05, 4.69) is 39.9 Å². The molecule has 0 spiro atoms. The zero-order valence-electron chi connectivity index (χ0n) is 11.5. The molecule has 2 aromatic rings. The maximum Gasteiger partial charge on any atom is 0.120 e. The van der Waals surface area contributed by atoms with Crippen LogP contribution < -0.4 is 10.5 Å². The summed E-state index contributed by atoms with van der Waals surface area (Å²) in [6.45, 7) is 1.03. The van der Waals surface area contributed by atoms with Gasteiger partial charge in [-0.05, 0) is 36.4 Å². The summed E-state index contributed by atoms with van der Waals surface area (Å²) in [7, 11) is 0. The van der Waals surface area contributed by atoms with Crippen LogP contribution in [0.2, 0.25) is 0 Å². The molecule has 2 aromatic carbocycles. The molecule has 108 valence electrons. The Morgan fingerprint density at radius 2 is 2.00 bits per heavy atom. The highest BCUT2D eigenvalue weighted by Gasteiger charge is 1.98. The third-order valence-electron chi connectivity index (χ3n) is 2.59. The summed E-state index contributed by atoms with van der Waals surface area (Å²) in [5.74, 6) is 7.58. The Bertz CT molecular complexity index is 648. The van der Waals surface area contributed by atoms with E-state index in [1.807, 2.05) is 36.4 Å². The van der Waals surface area contributed by atoms with Crippen LogP contribution in [0.1, 0.15) is 5.56 Å². The maximum atomic E-state index is 5.75. The smallest absolute Gasteiger partial charge is 0.120 e. The second kappa shape index (κ2) is 8.78. The highest BCUT2D eigenvalue weighted by atomic mass is 79.9. The normalized spacial score (nSPS) is 9.81. The first-order valence-electron chi connectivity index (χ1n) is 6.58. The molecular formula is C17H16BrNOS. The standard InChI is InChI=1S/C17H16BrNOS/c18-15-6-2-8-17(13-15)21-11-10-20-16-7-1-4-14(12-16)5-3-9-19/h1-2,4,6-8,12-13H,9-11,19H2. The van der Waals surface area contributed by atoms with E-state index >= 15 is 0 Å². The predicted octanol–water partition coefficient (Wildman–Crippen LogP) is 3.93. The number of rotatable bonds is 5. The summed E-state index contributed by atoms with van der Waals surface area (Å²) in [6.07, 6.45) is 0. The van der Waals surface area contributed by atoms with Gasteiger partial charge in [-0.15, -0.1) is 11.8 Å². The number of hydrogen-bond acceptors (Lipinski definition) is 3. The van der Waals surface area contributed by atoms with Crippen molar-refractivity contribution in [2.75, 3.05) is 18.9 Å². The molecule has 0 radical (unpaired) electrons. The number of hydrogen-bond donors (Lipinski definition) is 1. The average molecular weight is 362 g/mol. The number of benzene rings is 2. The van der Waals surface area contributed by atoms with Gasteiger partial charge in [-0.3, -0.25) is 0 Å². The van der Waals surface area contributed by atoms with Crippen molar-refractivity contribution < 1.29 is 4.74 Å². The van der Waals surface area contributed by atoms with Crippen molar-refractivity contribution in [1.82, 2.24) is 0 Å². The summed E-state index contributed by atoms with van der Waals surface area (Å²) in [4.78, 5) is 1.23. The highest BCUT2D eigenvalue weighted by Crippen LogP contribution is 2.22. The van der Waals surface area contributed by atoms with E-state index in [9.17, 15) is 0 Å². The zero-order valence-corrected chi connectivity index (χ0v) is 13.9. The lowest BCUT2D eigenvalue weighted by molar-refractivity contribution is 0.344. The lowest BCUT2D eigenvalue weighted by Gasteiger charge is -2.06. The van der Waals surface area contributed by atoms with Crippen LogP contribution in [0.4, 0.5) is 0 Å². The van der Waals surface area contributed by atoms with Crippen molar-refractivity contribution >= 4 is 27.7 Å². The molecule has 0 aromatic heterocycles. The molecule has 0 bridgehead atoms. The molecule has 0 aliphatic rings. The van der Waals surface area contributed by atoms with Crippen molar-refractivity contribution in [3.05, 3.63) is 58.6 Å². The minimum atomic E-state index is 0.369. The summed E-state index contributed by atoms with van der Waals surface area (Å²) in [5.41, 5.74) is 6.30. The van der Waals surface area contributed by atoms with E-state index in [0.717, 1.165) is 21.5 Å². The predicted molar refractivity (Wildman–Crippen MR) is 92.7 cm³/mol. The number of halogens is 1. The SMILES string of the molecule is NCC#Cc1cccc(OCCSc2cccc(Br)c2)c1. The van der Waals surface area contributed by atoms with Gasteiger partial charge in [0.05, 0.1) is 13.2 Å². The van der Waals surface area contributed by atoms with Gasteiger partial charge in [0.2, 0.25) is 0 Å². The Balaban J connectivity index is 1.81. The quantitative estimate of drug-likeness (QED) is 0.497. The number of thioether (sulfide) groups is 1. The van der Waals surface area contributed by atoms with Gasteiger partial charge >= 0.3 is 0 Å². The van der Waals surface area contributed by atoms with Crippen LogP contribution in [0.3, 0.4) is 0 Å². The maximum absolute atomic E-state index is 5.75. The van der Waals surface area contributed by atoms with E-state index in [1.54, 1.807) is 11.8 Å². The molecule has 0 saturated carbocycles. The Morgan fingerprint density at radius 1 is 1.14 bits per heavy atom. The molecule has 4 heteroatoms. The zero-order chi connectivity index (χ0) is 14.9. The summed E-state index contributed by atoms with van der Waals surface area (Å²) >= 11 is 5.24. The van der Waals surface area contributed by atoms with Crippen molar-refractivity contribution in [2.24, 2.45) is 5.73 Å². The molecule has 0 aliphatic carbocycles. The molecule has 0 fully saturated rings. The first-order chi connectivity index (χ1) is 10.3. The van der Waals surface area contributed by atoms with Crippen LogP contribution in [-0.2, 0) is 0 Å². The number of ether oxygens (including phenoxy) is 1. The molecule has 0 saturated heterocycles. The Labute approximate surface area is 138 Å². The fraction of sp³-hybridized carbons (Fsp3) is 0.176. The number of nitrogens with two attached hydrogens (primary N) is 1. The van der Waals surface area contributed by atoms with Crippen molar-refractivity contribution in [2.45, 2.75) is 4.90 Å². The fourth-order valence-electron chi connectivity index (χ4n) is 1.69. The van der Waals surface area contributed by atoms with Crippen molar-refractivity contribution in [3.8, 4) is 17.6 Å². The largest absolute Gasteiger partial charge is 0.493 e. The fourth-order valence-corrected chi connectivity index (χ4v) is 3.03. The molecule has 2 nitrogen and oxygen atoms in total. The second-order valence-corrected chi connectivity index (χ2v) is 6.27. The molecule has 21 heavy (non-hydrogen) atoms. The van der Waals surface area contributed by atoms with E-state index in [0.29, 0.717) is 13.2 Å². The van der Waals surface area contributed by atoms with Gasteiger partial charge in [0.15, 0.2) is 0 Å².